The molecule has 0 aliphatic heterocycles. The molecule has 0 aromatic carbocycles. The Morgan fingerprint density at radius 2 is 2.22 bits per heavy atom. The van der Waals surface area contributed by atoms with Crippen LogP contribution in [0.5, 0.6) is 0 Å². The smallest absolute Gasteiger partial charge is 0.182 e. The summed E-state index contributed by atoms with van der Waals surface area (Å²) in [6.45, 7) is 3.22. The quantitative estimate of drug-likeness (QED) is 0.884. The Morgan fingerprint density at radius 1 is 1.39 bits per heavy atom. The Morgan fingerprint density at radius 3 is 3.00 bits per heavy atom. The summed E-state index contributed by atoms with van der Waals surface area (Å²) in [5.74, 6) is 2.31. The molecule has 1 N–H and O–H groups in total. The van der Waals surface area contributed by atoms with Crippen LogP contribution in [-0.2, 0) is 0 Å². The number of nitriles is 1. The molecule has 0 amide bonds. The molecule has 18 heavy (non-hydrogen) atoms. The molecule has 4 heteroatoms. The lowest BCUT2D eigenvalue weighted by atomic mass is 9.81. The first-order valence-electron chi connectivity index (χ1n) is 6.74. The van der Waals surface area contributed by atoms with E-state index in [0.717, 1.165) is 24.8 Å². The van der Waals surface area contributed by atoms with E-state index in [9.17, 15) is 0 Å². The van der Waals surface area contributed by atoms with Gasteiger partial charge in [-0.3, -0.25) is 0 Å². The highest BCUT2D eigenvalue weighted by atomic mass is 15.0. The van der Waals surface area contributed by atoms with E-state index in [-0.39, 0.29) is 0 Å². The van der Waals surface area contributed by atoms with E-state index in [1.165, 1.54) is 25.7 Å². The van der Waals surface area contributed by atoms with Crippen LogP contribution in [-0.4, -0.2) is 16.5 Å². The first-order valence-corrected chi connectivity index (χ1v) is 6.74. The molecule has 96 valence electrons. The lowest BCUT2D eigenvalue weighted by Crippen LogP contribution is -2.17. The molecular formula is C14H20N4. The minimum Gasteiger partial charge on any atom is -0.368 e. The fourth-order valence-corrected chi connectivity index (χ4v) is 2.77. The second-order valence-corrected chi connectivity index (χ2v) is 5.22. The molecule has 4 nitrogen and oxygen atoms in total. The molecule has 2 atom stereocenters. The average molecular weight is 244 g/mol. The lowest BCUT2D eigenvalue weighted by molar-refractivity contribution is 0.274. The normalized spacial score (nSPS) is 23.3. The molecule has 1 heterocycles. The molecule has 1 aliphatic carbocycles. The molecule has 0 bridgehead atoms. The number of rotatable bonds is 4. The second-order valence-electron chi connectivity index (χ2n) is 5.22. The maximum Gasteiger partial charge on any atom is 0.182 e. The largest absolute Gasteiger partial charge is 0.368 e. The number of anilines is 1. The van der Waals surface area contributed by atoms with Crippen LogP contribution in [0.4, 0.5) is 5.82 Å². The van der Waals surface area contributed by atoms with Crippen molar-refractivity contribution in [2.24, 2.45) is 11.8 Å². The fourth-order valence-electron chi connectivity index (χ4n) is 2.77. The van der Waals surface area contributed by atoms with Crippen LogP contribution < -0.4 is 5.32 Å². The van der Waals surface area contributed by atoms with Crippen molar-refractivity contribution in [3.05, 3.63) is 18.1 Å². The highest BCUT2D eigenvalue weighted by molar-refractivity contribution is 5.46. The van der Waals surface area contributed by atoms with Gasteiger partial charge in [0.25, 0.3) is 0 Å². The highest BCUT2D eigenvalue weighted by Crippen LogP contribution is 2.30. The molecule has 0 saturated heterocycles. The molecule has 2 rings (SSSR count). The fraction of sp³-hybridized carbons (Fsp3) is 0.643. The van der Waals surface area contributed by atoms with Gasteiger partial charge in [-0.2, -0.15) is 5.26 Å². The molecule has 2 unspecified atom stereocenters. The summed E-state index contributed by atoms with van der Waals surface area (Å²) in [6, 6.07) is 2.05. The molecular weight excluding hydrogens is 224 g/mol. The Bertz CT molecular complexity index is 424. The van der Waals surface area contributed by atoms with Gasteiger partial charge in [0, 0.05) is 18.9 Å². The van der Waals surface area contributed by atoms with Crippen LogP contribution in [0.3, 0.4) is 0 Å². The van der Waals surface area contributed by atoms with E-state index in [2.05, 4.69) is 28.3 Å². The second kappa shape index (κ2) is 6.34. The lowest BCUT2D eigenvalue weighted by Gasteiger charge is -2.26. The van der Waals surface area contributed by atoms with Crippen molar-refractivity contribution >= 4 is 5.82 Å². The van der Waals surface area contributed by atoms with Gasteiger partial charge >= 0.3 is 0 Å². The zero-order valence-corrected chi connectivity index (χ0v) is 10.9. The number of nitrogens with one attached hydrogen (secondary N) is 1. The molecule has 1 aromatic heterocycles. The van der Waals surface area contributed by atoms with Crippen molar-refractivity contribution in [3.63, 3.8) is 0 Å². The van der Waals surface area contributed by atoms with Gasteiger partial charge < -0.3 is 5.32 Å². The molecule has 1 aromatic rings. The summed E-state index contributed by atoms with van der Waals surface area (Å²) < 4.78 is 0. The Labute approximate surface area is 108 Å². The maximum atomic E-state index is 8.91. The van der Waals surface area contributed by atoms with Gasteiger partial charge in [-0.1, -0.05) is 26.2 Å². The zero-order chi connectivity index (χ0) is 12.8. The zero-order valence-electron chi connectivity index (χ0n) is 10.9. The van der Waals surface area contributed by atoms with Crippen LogP contribution >= 0.6 is 0 Å². The van der Waals surface area contributed by atoms with Gasteiger partial charge in [-0.05, 0) is 24.7 Å². The van der Waals surface area contributed by atoms with Crippen molar-refractivity contribution < 1.29 is 0 Å². The molecule has 0 spiro atoms. The van der Waals surface area contributed by atoms with E-state index in [1.807, 2.05) is 0 Å². The Kier molecular flexibility index (Phi) is 4.52. The summed E-state index contributed by atoms with van der Waals surface area (Å²) in [4.78, 5) is 8.14. The van der Waals surface area contributed by atoms with E-state index in [4.69, 9.17) is 5.26 Å². The van der Waals surface area contributed by atoms with Gasteiger partial charge in [0.05, 0.1) is 0 Å². The Balaban J connectivity index is 1.80. The third-order valence-electron chi connectivity index (χ3n) is 3.69. The van der Waals surface area contributed by atoms with E-state index in [1.54, 1.807) is 12.4 Å². The van der Waals surface area contributed by atoms with Crippen molar-refractivity contribution in [3.8, 4) is 6.07 Å². The van der Waals surface area contributed by atoms with Gasteiger partial charge in [0.1, 0.15) is 6.07 Å². The van der Waals surface area contributed by atoms with E-state index in [0.29, 0.717) is 11.5 Å². The van der Waals surface area contributed by atoms with Gasteiger partial charge in [-0.25, -0.2) is 9.97 Å². The molecule has 1 saturated carbocycles. The minimum atomic E-state index is 0.384. The monoisotopic (exact) mass is 244 g/mol. The van der Waals surface area contributed by atoms with Crippen LogP contribution in [0.25, 0.3) is 0 Å². The van der Waals surface area contributed by atoms with E-state index >= 15 is 0 Å². The number of aromatic nitrogens is 2. The summed E-state index contributed by atoms with van der Waals surface area (Å²) in [5, 5.41) is 12.1. The van der Waals surface area contributed by atoms with Crippen molar-refractivity contribution in [1.82, 2.24) is 9.97 Å². The SMILES string of the molecule is CC1CCCC(CCNc2nccnc2C#N)C1. The van der Waals surface area contributed by atoms with Crippen molar-refractivity contribution in [2.75, 3.05) is 11.9 Å². The van der Waals surface area contributed by atoms with Crippen LogP contribution in [0.1, 0.15) is 44.7 Å². The summed E-state index contributed by atoms with van der Waals surface area (Å²) in [6.07, 6.45) is 9.75. The average Bonchev–Trinajstić information content (AvgIpc) is 2.39. The van der Waals surface area contributed by atoms with Crippen LogP contribution in [0, 0.1) is 23.2 Å². The van der Waals surface area contributed by atoms with E-state index < -0.39 is 0 Å². The van der Waals surface area contributed by atoms with Crippen LogP contribution in [0.2, 0.25) is 0 Å². The standard InChI is InChI=1S/C14H20N4/c1-11-3-2-4-12(9-11)5-6-17-14-13(10-15)16-7-8-18-14/h7-8,11-12H,2-6,9H2,1H3,(H,17,18). The summed E-state index contributed by atoms with van der Waals surface area (Å²) in [7, 11) is 0. The maximum absolute atomic E-state index is 8.91. The molecule has 1 fully saturated rings. The topological polar surface area (TPSA) is 61.6 Å². The summed E-state index contributed by atoms with van der Waals surface area (Å²) >= 11 is 0. The third kappa shape index (κ3) is 3.43. The molecule has 1 aliphatic rings. The minimum absolute atomic E-state index is 0.384. The summed E-state index contributed by atoms with van der Waals surface area (Å²) in [5.41, 5.74) is 0.384. The first kappa shape index (κ1) is 12.8. The van der Waals surface area contributed by atoms with Crippen LogP contribution in [0.15, 0.2) is 12.4 Å². The van der Waals surface area contributed by atoms with Crippen molar-refractivity contribution in [2.45, 2.75) is 39.0 Å². The van der Waals surface area contributed by atoms with Crippen molar-refractivity contribution in [1.29, 1.82) is 5.26 Å². The molecule has 0 radical (unpaired) electrons. The highest BCUT2D eigenvalue weighted by Gasteiger charge is 2.18. The number of nitrogens with zero attached hydrogens (tertiary/aromatic N) is 3. The predicted molar refractivity (Wildman–Crippen MR) is 71.0 cm³/mol. The van der Waals surface area contributed by atoms with Gasteiger partial charge in [0.15, 0.2) is 11.5 Å². The van der Waals surface area contributed by atoms with Gasteiger partial charge in [-0.15, -0.1) is 0 Å². The van der Waals surface area contributed by atoms with Gasteiger partial charge in [0.2, 0.25) is 0 Å². The number of hydrogen-bond donors (Lipinski definition) is 1. The number of hydrogen-bond acceptors (Lipinski definition) is 4. The Hall–Kier alpha value is -1.63. The first-order chi connectivity index (χ1) is 8.79. The predicted octanol–water partition coefficient (Wildman–Crippen LogP) is 2.98. The third-order valence-corrected chi connectivity index (χ3v) is 3.69.